The molecule has 0 bridgehead atoms. The molecule has 1 aliphatic carbocycles. The number of ether oxygens (including phenoxy) is 2. The molecule has 0 saturated heterocycles. The minimum atomic E-state index is -0.639. The number of phenols is 1. The van der Waals surface area contributed by atoms with E-state index in [9.17, 15) is 9.90 Å². The van der Waals surface area contributed by atoms with Crippen molar-refractivity contribution in [2.75, 3.05) is 6.61 Å². The molecule has 0 amide bonds. The van der Waals surface area contributed by atoms with Crippen LogP contribution in [0.15, 0.2) is 18.2 Å². The summed E-state index contributed by atoms with van der Waals surface area (Å²) < 4.78 is 9.83. The van der Waals surface area contributed by atoms with Crippen LogP contribution in [-0.4, -0.2) is 24.0 Å². The first-order chi connectivity index (χ1) is 7.70. The molecule has 0 fully saturated rings. The zero-order valence-corrected chi connectivity index (χ0v) is 9.10. The summed E-state index contributed by atoms with van der Waals surface area (Å²) in [5.41, 5.74) is 1.91. The molecule has 1 N–H and O–H groups in total. The number of fused-ring (bicyclic) bond motifs is 1. The van der Waals surface area contributed by atoms with Crippen molar-refractivity contribution in [2.24, 2.45) is 0 Å². The van der Waals surface area contributed by atoms with Crippen LogP contribution in [0.5, 0.6) is 5.75 Å². The fraction of sp³-hybridized carbons (Fsp3) is 0.417. The Morgan fingerprint density at radius 2 is 2.31 bits per heavy atom. The van der Waals surface area contributed by atoms with Crippen LogP contribution in [0.1, 0.15) is 18.1 Å². The summed E-state index contributed by atoms with van der Waals surface area (Å²) in [5, 5.41) is 9.61. The summed E-state index contributed by atoms with van der Waals surface area (Å²) in [6, 6.07) is 5.37. The Labute approximate surface area is 93.8 Å². The van der Waals surface area contributed by atoms with Crippen LogP contribution in [0.2, 0.25) is 0 Å². The summed E-state index contributed by atoms with van der Waals surface area (Å²) in [7, 11) is 0. The van der Waals surface area contributed by atoms with E-state index in [1.54, 1.807) is 19.1 Å². The van der Waals surface area contributed by atoms with E-state index in [2.05, 4.69) is 0 Å². The predicted octanol–water partition coefficient (Wildman–Crippen LogP) is 2.03. The van der Waals surface area contributed by atoms with E-state index >= 15 is 0 Å². The number of hydrogen-bond donors (Lipinski definition) is 1. The first kappa shape index (κ1) is 10.8. The van der Waals surface area contributed by atoms with Gasteiger partial charge in [0.1, 0.15) is 11.9 Å². The molecule has 0 radical (unpaired) electrons. The van der Waals surface area contributed by atoms with Gasteiger partial charge in [0.2, 0.25) is 0 Å². The quantitative estimate of drug-likeness (QED) is 0.778. The van der Waals surface area contributed by atoms with Crippen LogP contribution in [0.3, 0.4) is 0 Å². The maximum atomic E-state index is 11.1. The van der Waals surface area contributed by atoms with Crippen LogP contribution >= 0.6 is 0 Å². The zero-order valence-electron chi connectivity index (χ0n) is 9.10. The molecular formula is C12H14O4. The number of hydrogen-bond acceptors (Lipinski definition) is 4. The van der Waals surface area contributed by atoms with Crippen molar-refractivity contribution in [3.8, 4) is 5.75 Å². The highest BCUT2D eigenvalue weighted by Gasteiger charge is 2.27. The van der Waals surface area contributed by atoms with Gasteiger partial charge in [-0.05, 0) is 18.6 Å². The molecule has 4 nitrogen and oxygen atoms in total. The van der Waals surface area contributed by atoms with Crippen LogP contribution < -0.4 is 0 Å². The summed E-state index contributed by atoms with van der Waals surface area (Å²) in [5.74, 6) is 0.271. The van der Waals surface area contributed by atoms with Gasteiger partial charge in [-0.2, -0.15) is 0 Å². The summed E-state index contributed by atoms with van der Waals surface area (Å²) in [6.45, 7) is 2.04. The second-order valence-electron chi connectivity index (χ2n) is 3.75. The van der Waals surface area contributed by atoms with E-state index in [0.717, 1.165) is 11.1 Å². The molecule has 0 heterocycles. The molecule has 1 aromatic rings. The number of aromatic hydroxyl groups is 1. The smallest absolute Gasteiger partial charge is 0.508 e. The second kappa shape index (κ2) is 4.43. The Kier molecular flexibility index (Phi) is 2.99. The minimum Gasteiger partial charge on any atom is -0.508 e. The van der Waals surface area contributed by atoms with E-state index in [1.807, 2.05) is 6.07 Å². The van der Waals surface area contributed by atoms with Crippen LogP contribution in [0, 0.1) is 0 Å². The molecule has 0 aliphatic heterocycles. The Bertz CT molecular complexity index is 400. The molecule has 0 spiro atoms. The average molecular weight is 222 g/mol. The van der Waals surface area contributed by atoms with Crippen molar-refractivity contribution in [1.29, 1.82) is 0 Å². The third-order valence-corrected chi connectivity index (χ3v) is 2.65. The Morgan fingerprint density at radius 1 is 1.50 bits per heavy atom. The first-order valence-electron chi connectivity index (χ1n) is 5.34. The molecule has 2 rings (SSSR count). The third-order valence-electron chi connectivity index (χ3n) is 2.65. The zero-order chi connectivity index (χ0) is 11.5. The predicted molar refractivity (Wildman–Crippen MR) is 57.4 cm³/mol. The van der Waals surface area contributed by atoms with Gasteiger partial charge in [-0.3, -0.25) is 0 Å². The highest BCUT2D eigenvalue weighted by atomic mass is 16.7. The molecular weight excluding hydrogens is 208 g/mol. The van der Waals surface area contributed by atoms with E-state index in [4.69, 9.17) is 9.47 Å². The lowest BCUT2D eigenvalue weighted by Crippen LogP contribution is -2.19. The van der Waals surface area contributed by atoms with Crippen LogP contribution in [0.4, 0.5) is 4.79 Å². The van der Waals surface area contributed by atoms with Gasteiger partial charge in [-0.1, -0.05) is 12.1 Å². The number of carbonyl (C=O) groups is 1. The summed E-state index contributed by atoms with van der Waals surface area (Å²) in [6.07, 6.45) is 0.339. The lowest BCUT2D eigenvalue weighted by molar-refractivity contribution is 0.0297. The van der Waals surface area contributed by atoms with Gasteiger partial charge in [-0.15, -0.1) is 0 Å². The van der Waals surface area contributed by atoms with E-state index in [-0.39, 0.29) is 11.9 Å². The standard InChI is InChI=1S/C12H14O4/c1-2-15-12(14)16-9-6-8-4-3-5-11(13)10(8)7-9/h3-5,9,13H,2,6-7H2,1H3. The molecule has 1 aromatic carbocycles. The molecule has 1 unspecified atom stereocenters. The van der Waals surface area contributed by atoms with Crippen molar-refractivity contribution in [3.05, 3.63) is 29.3 Å². The fourth-order valence-corrected chi connectivity index (χ4v) is 1.96. The lowest BCUT2D eigenvalue weighted by atomic mass is 10.1. The number of benzene rings is 1. The van der Waals surface area contributed by atoms with Crippen LogP contribution in [0.25, 0.3) is 0 Å². The van der Waals surface area contributed by atoms with Gasteiger partial charge < -0.3 is 14.6 Å². The number of rotatable bonds is 2. The van der Waals surface area contributed by atoms with Gasteiger partial charge in [0.05, 0.1) is 6.61 Å². The summed E-state index contributed by atoms with van der Waals surface area (Å²) >= 11 is 0. The van der Waals surface area contributed by atoms with Gasteiger partial charge in [0.25, 0.3) is 0 Å². The molecule has 86 valence electrons. The minimum absolute atomic E-state index is 0.220. The highest BCUT2D eigenvalue weighted by Crippen LogP contribution is 2.31. The van der Waals surface area contributed by atoms with E-state index < -0.39 is 6.16 Å². The van der Waals surface area contributed by atoms with Crippen molar-refractivity contribution < 1.29 is 19.4 Å². The summed E-state index contributed by atoms with van der Waals surface area (Å²) in [4.78, 5) is 11.1. The second-order valence-corrected chi connectivity index (χ2v) is 3.75. The highest BCUT2D eigenvalue weighted by molar-refractivity contribution is 5.60. The molecule has 0 saturated carbocycles. The Hall–Kier alpha value is -1.71. The topological polar surface area (TPSA) is 55.8 Å². The molecule has 0 aromatic heterocycles. The van der Waals surface area contributed by atoms with E-state index in [1.165, 1.54) is 0 Å². The van der Waals surface area contributed by atoms with Gasteiger partial charge in [0, 0.05) is 18.4 Å². The van der Waals surface area contributed by atoms with Gasteiger partial charge in [0.15, 0.2) is 0 Å². The Balaban J connectivity index is 2.00. The molecule has 1 aliphatic rings. The number of phenolic OH excluding ortho intramolecular Hbond substituents is 1. The fourth-order valence-electron chi connectivity index (χ4n) is 1.96. The average Bonchev–Trinajstić information content (AvgIpc) is 2.62. The Morgan fingerprint density at radius 3 is 3.00 bits per heavy atom. The van der Waals surface area contributed by atoms with Gasteiger partial charge in [-0.25, -0.2) is 4.79 Å². The first-order valence-corrected chi connectivity index (χ1v) is 5.34. The lowest BCUT2D eigenvalue weighted by Gasteiger charge is -2.10. The van der Waals surface area contributed by atoms with E-state index in [0.29, 0.717) is 19.4 Å². The SMILES string of the molecule is CCOC(=O)OC1Cc2cccc(O)c2C1. The largest absolute Gasteiger partial charge is 0.508 e. The monoisotopic (exact) mass is 222 g/mol. The molecule has 16 heavy (non-hydrogen) atoms. The normalized spacial score (nSPS) is 17.9. The maximum Gasteiger partial charge on any atom is 0.508 e. The van der Waals surface area contributed by atoms with Gasteiger partial charge >= 0.3 is 6.16 Å². The molecule has 4 heteroatoms. The van der Waals surface area contributed by atoms with Crippen LogP contribution in [-0.2, 0) is 22.3 Å². The van der Waals surface area contributed by atoms with Crippen molar-refractivity contribution >= 4 is 6.16 Å². The number of carbonyl (C=O) groups excluding carboxylic acids is 1. The van der Waals surface area contributed by atoms with Crippen molar-refractivity contribution in [2.45, 2.75) is 25.9 Å². The molecule has 1 atom stereocenters. The van der Waals surface area contributed by atoms with Crippen molar-refractivity contribution in [1.82, 2.24) is 0 Å². The third kappa shape index (κ3) is 2.10. The maximum absolute atomic E-state index is 11.1. The van der Waals surface area contributed by atoms with Crippen molar-refractivity contribution in [3.63, 3.8) is 0 Å².